The topological polar surface area (TPSA) is 86.9 Å². The van der Waals surface area contributed by atoms with Gasteiger partial charge in [0.15, 0.2) is 0 Å². The second kappa shape index (κ2) is 10.2. The summed E-state index contributed by atoms with van der Waals surface area (Å²) in [6.07, 6.45) is 1.26. The lowest BCUT2D eigenvalue weighted by molar-refractivity contribution is -0.121. The molecule has 6 nitrogen and oxygen atoms in total. The number of hydrogen-bond acceptors (Lipinski definition) is 3. The first-order valence-corrected chi connectivity index (χ1v) is 11.9. The molecule has 8 heteroatoms. The highest BCUT2D eigenvalue weighted by molar-refractivity contribution is 6.31. The monoisotopic (exact) mass is 500 g/mol. The van der Waals surface area contributed by atoms with Crippen LogP contribution in [0.3, 0.4) is 0 Å². The first-order chi connectivity index (χ1) is 17.5. The summed E-state index contributed by atoms with van der Waals surface area (Å²) in [6.45, 7) is 0. The molecule has 5 aromatic rings. The van der Waals surface area contributed by atoms with Crippen LogP contribution in [-0.4, -0.2) is 21.8 Å². The molecule has 180 valence electrons. The molecule has 0 radical (unpaired) electrons. The fourth-order valence-corrected chi connectivity index (χ4v) is 4.40. The largest absolute Gasteiger partial charge is 0.353 e. The molecule has 0 unspecified atom stereocenters. The van der Waals surface area contributed by atoms with Crippen molar-refractivity contribution in [3.05, 3.63) is 101 Å². The van der Waals surface area contributed by atoms with E-state index in [0.29, 0.717) is 17.9 Å². The minimum absolute atomic E-state index is 0.138. The summed E-state index contributed by atoms with van der Waals surface area (Å²) >= 11 is 6.28. The second-order valence-corrected chi connectivity index (χ2v) is 8.83. The number of amides is 2. The van der Waals surface area contributed by atoms with Crippen LogP contribution in [0.5, 0.6) is 0 Å². The van der Waals surface area contributed by atoms with E-state index in [0.717, 1.165) is 38.8 Å². The molecule has 0 aliphatic carbocycles. The van der Waals surface area contributed by atoms with Gasteiger partial charge in [-0.05, 0) is 60.9 Å². The Kier molecular flexibility index (Phi) is 6.64. The highest BCUT2D eigenvalue weighted by atomic mass is 35.5. The van der Waals surface area contributed by atoms with Crippen molar-refractivity contribution in [1.29, 1.82) is 0 Å². The van der Waals surface area contributed by atoms with E-state index in [-0.39, 0.29) is 17.9 Å². The number of para-hydroxylation sites is 1. The van der Waals surface area contributed by atoms with E-state index in [1.165, 1.54) is 18.2 Å². The van der Waals surface area contributed by atoms with Crippen molar-refractivity contribution < 1.29 is 14.0 Å². The Morgan fingerprint density at radius 1 is 0.944 bits per heavy atom. The summed E-state index contributed by atoms with van der Waals surface area (Å²) < 4.78 is 13.8. The number of halogens is 2. The number of H-pyrrole nitrogens is 1. The molecule has 0 spiro atoms. The molecule has 2 heterocycles. The molecule has 0 atom stereocenters. The van der Waals surface area contributed by atoms with E-state index in [9.17, 15) is 14.0 Å². The summed E-state index contributed by atoms with van der Waals surface area (Å²) in [5.41, 5.74) is 9.00. The smallest absolute Gasteiger partial charge is 0.272 e. The third-order valence-electron chi connectivity index (χ3n) is 5.99. The first-order valence-electron chi connectivity index (χ1n) is 11.5. The normalized spacial score (nSPS) is 11.1. The van der Waals surface area contributed by atoms with Crippen molar-refractivity contribution >= 4 is 45.2 Å². The predicted molar refractivity (Wildman–Crippen MR) is 139 cm³/mol. The number of carbonyl (C=O) groups excluding carboxylic acids is 2. The Bertz CT molecular complexity index is 1600. The molecular formula is C28H22ClFN4O2. The van der Waals surface area contributed by atoms with Crippen molar-refractivity contribution in [3.63, 3.8) is 0 Å². The van der Waals surface area contributed by atoms with Crippen molar-refractivity contribution in [2.24, 2.45) is 0 Å². The number of pyridine rings is 1. The summed E-state index contributed by atoms with van der Waals surface area (Å²) in [5.74, 6) is -1.74. The molecule has 0 aliphatic heterocycles. The van der Waals surface area contributed by atoms with Gasteiger partial charge in [0.05, 0.1) is 22.5 Å². The number of nitrogens with one attached hydrogen (secondary N) is 3. The number of aromatic nitrogens is 2. The third kappa shape index (κ3) is 4.92. The van der Waals surface area contributed by atoms with Gasteiger partial charge in [-0.25, -0.2) is 9.37 Å². The Labute approximate surface area is 211 Å². The molecule has 5 rings (SSSR count). The number of rotatable bonds is 6. The molecule has 2 amide bonds. The maximum absolute atomic E-state index is 13.8. The van der Waals surface area contributed by atoms with Crippen LogP contribution in [-0.2, 0) is 11.2 Å². The van der Waals surface area contributed by atoms with Crippen LogP contribution in [0.25, 0.3) is 33.2 Å². The van der Waals surface area contributed by atoms with Crippen LogP contribution in [0, 0.1) is 5.82 Å². The number of benzene rings is 3. The minimum atomic E-state index is -0.711. The zero-order valence-corrected chi connectivity index (χ0v) is 19.9. The summed E-state index contributed by atoms with van der Waals surface area (Å²) in [7, 11) is 0. The number of fused-ring (bicyclic) bond motifs is 2. The molecular weight excluding hydrogens is 479 g/mol. The Balaban J connectivity index is 1.31. The molecule has 2 aromatic heterocycles. The van der Waals surface area contributed by atoms with Gasteiger partial charge in [0.2, 0.25) is 5.91 Å². The second-order valence-electron chi connectivity index (χ2n) is 8.39. The van der Waals surface area contributed by atoms with E-state index in [1.807, 2.05) is 54.6 Å². The third-order valence-corrected chi connectivity index (χ3v) is 6.22. The van der Waals surface area contributed by atoms with Crippen LogP contribution >= 0.6 is 11.6 Å². The van der Waals surface area contributed by atoms with E-state index >= 15 is 0 Å². The summed E-state index contributed by atoms with van der Waals surface area (Å²) in [5, 5.41) is 2.64. The maximum Gasteiger partial charge on any atom is 0.272 e. The molecule has 0 aliphatic rings. The van der Waals surface area contributed by atoms with Gasteiger partial charge in [-0.15, -0.1) is 0 Å². The van der Waals surface area contributed by atoms with Gasteiger partial charge in [0.25, 0.3) is 5.91 Å². The first kappa shape index (κ1) is 23.5. The summed E-state index contributed by atoms with van der Waals surface area (Å²) in [6, 6.07) is 23.2. The lowest BCUT2D eigenvalue weighted by atomic mass is 10.0. The van der Waals surface area contributed by atoms with E-state index in [4.69, 9.17) is 16.6 Å². The number of aryl methyl sites for hydroxylation is 1. The average molecular weight is 501 g/mol. The molecule has 0 saturated heterocycles. The maximum atomic E-state index is 13.8. The molecule has 36 heavy (non-hydrogen) atoms. The van der Waals surface area contributed by atoms with Gasteiger partial charge in [-0.3, -0.25) is 20.4 Å². The van der Waals surface area contributed by atoms with Crippen LogP contribution in [0.1, 0.15) is 28.8 Å². The lowest BCUT2D eigenvalue weighted by Gasteiger charge is -2.09. The van der Waals surface area contributed by atoms with Gasteiger partial charge in [-0.1, -0.05) is 48.0 Å². The van der Waals surface area contributed by atoms with Gasteiger partial charge in [0.1, 0.15) is 5.82 Å². The molecule has 0 saturated carbocycles. The Hall–Kier alpha value is -4.23. The predicted octanol–water partition coefficient (Wildman–Crippen LogP) is 5.96. The molecule has 0 fully saturated rings. The quantitative estimate of drug-likeness (QED) is 0.251. The summed E-state index contributed by atoms with van der Waals surface area (Å²) in [4.78, 5) is 32.8. The van der Waals surface area contributed by atoms with Gasteiger partial charge >= 0.3 is 0 Å². The number of hydrogen-bond donors (Lipinski definition) is 3. The van der Waals surface area contributed by atoms with Crippen LogP contribution in [0.15, 0.2) is 78.9 Å². The number of hydrazine groups is 1. The highest BCUT2D eigenvalue weighted by Gasteiger charge is 2.16. The lowest BCUT2D eigenvalue weighted by Crippen LogP contribution is -2.41. The van der Waals surface area contributed by atoms with Crippen LogP contribution in [0.2, 0.25) is 5.02 Å². The standard InChI is InChI=1S/C28H22ClFN4O2/c29-18-13-15-24-21(16-18)19(27(32-24)25-14-12-17-6-1-4-10-23(17)31-25)8-5-11-26(35)33-34-28(36)20-7-2-3-9-22(20)30/h1-4,6-7,9-10,12-16,32H,5,8,11H2,(H,33,35)(H,34,36). The molecule has 0 bridgehead atoms. The van der Waals surface area contributed by atoms with Crippen LogP contribution in [0.4, 0.5) is 4.39 Å². The fourth-order valence-electron chi connectivity index (χ4n) is 4.23. The van der Waals surface area contributed by atoms with Gasteiger partial charge in [-0.2, -0.15) is 0 Å². The van der Waals surface area contributed by atoms with Crippen molar-refractivity contribution in [2.75, 3.05) is 0 Å². The van der Waals surface area contributed by atoms with Crippen molar-refractivity contribution in [3.8, 4) is 11.4 Å². The van der Waals surface area contributed by atoms with Gasteiger partial charge < -0.3 is 4.98 Å². The van der Waals surface area contributed by atoms with E-state index in [1.54, 1.807) is 6.07 Å². The number of carbonyl (C=O) groups is 2. The Morgan fingerprint density at radius 2 is 1.75 bits per heavy atom. The number of aromatic amines is 1. The van der Waals surface area contributed by atoms with E-state index < -0.39 is 11.7 Å². The molecule has 3 aromatic carbocycles. The highest BCUT2D eigenvalue weighted by Crippen LogP contribution is 2.33. The minimum Gasteiger partial charge on any atom is -0.353 e. The molecule has 3 N–H and O–H groups in total. The number of nitrogens with zero attached hydrogens (tertiary/aromatic N) is 1. The zero-order chi connectivity index (χ0) is 25.1. The Morgan fingerprint density at radius 3 is 2.61 bits per heavy atom. The SMILES string of the molecule is O=C(CCCc1c(-c2ccc3ccccc3n2)[nH]c2ccc(Cl)cc12)NNC(=O)c1ccccc1F. The van der Waals surface area contributed by atoms with E-state index in [2.05, 4.69) is 15.8 Å². The average Bonchev–Trinajstić information content (AvgIpc) is 3.25. The van der Waals surface area contributed by atoms with Crippen molar-refractivity contribution in [1.82, 2.24) is 20.8 Å². The van der Waals surface area contributed by atoms with Gasteiger partial charge in [0, 0.05) is 27.7 Å². The van der Waals surface area contributed by atoms with Crippen molar-refractivity contribution in [2.45, 2.75) is 19.3 Å². The zero-order valence-electron chi connectivity index (χ0n) is 19.1. The van der Waals surface area contributed by atoms with Crippen LogP contribution < -0.4 is 10.9 Å². The fraction of sp³-hybridized carbons (Fsp3) is 0.107.